The minimum atomic E-state index is -0.221. The zero-order chi connectivity index (χ0) is 13.0. The fourth-order valence-corrected chi connectivity index (χ4v) is 2.10. The third-order valence-electron chi connectivity index (χ3n) is 3.07. The molecule has 0 radical (unpaired) electrons. The van der Waals surface area contributed by atoms with Crippen molar-refractivity contribution in [3.63, 3.8) is 0 Å². The lowest BCUT2D eigenvalue weighted by Crippen LogP contribution is -2.12. The molecule has 1 heterocycles. The molecular weight excluding hydrogens is 226 g/mol. The number of nitrogens with zero attached hydrogens (tertiary/aromatic N) is 1. The molecule has 0 fully saturated rings. The summed E-state index contributed by atoms with van der Waals surface area (Å²) in [6, 6.07) is 9.92. The number of ether oxygens (including phenoxy) is 1. The van der Waals surface area contributed by atoms with Crippen molar-refractivity contribution in [1.82, 2.24) is 4.57 Å². The van der Waals surface area contributed by atoms with Gasteiger partial charge in [-0.05, 0) is 25.5 Å². The van der Waals surface area contributed by atoms with Gasteiger partial charge in [-0.2, -0.15) is 0 Å². The Morgan fingerprint density at radius 2 is 2.06 bits per heavy atom. The minimum Gasteiger partial charge on any atom is -0.461 e. The molecule has 0 bridgehead atoms. The summed E-state index contributed by atoms with van der Waals surface area (Å²) in [6.45, 7) is 5.39. The lowest BCUT2D eigenvalue weighted by atomic mass is 10.2. The molecule has 1 aromatic carbocycles. The van der Waals surface area contributed by atoms with Crippen LogP contribution in [0, 0.1) is 0 Å². The van der Waals surface area contributed by atoms with E-state index in [-0.39, 0.29) is 5.97 Å². The lowest BCUT2D eigenvalue weighted by molar-refractivity contribution is 0.0488. The Morgan fingerprint density at radius 1 is 1.28 bits per heavy atom. The van der Waals surface area contributed by atoms with E-state index in [1.54, 1.807) is 0 Å². The van der Waals surface area contributed by atoms with E-state index in [0.717, 1.165) is 30.3 Å². The van der Waals surface area contributed by atoms with E-state index in [0.29, 0.717) is 12.3 Å². The summed E-state index contributed by atoms with van der Waals surface area (Å²) in [6.07, 6.45) is 1.95. The van der Waals surface area contributed by atoms with Gasteiger partial charge in [-0.1, -0.05) is 31.5 Å². The Labute approximate surface area is 107 Å². The maximum atomic E-state index is 12.0. The van der Waals surface area contributed by atoms with E-state index in [2.05, 4.69) is 6.92 Å². The van der Waals surface area contributed by atoms with E-state index in [1.807, 2.05) is 41.8 Å². The Hall–Kier alpha value is -1.77. The van der Waals surface area contributed by atoms with Crippen molar-refractivity contribution in [3.8, 4) is 0 Å². The van der Waals surface area contributed by atoms with Gasteiger partial charge in [0.15, 0.2) is 0 Å². The number of hydrogen-bond donors (Lipinski definition) is 0. The van der Waals surface area contributed by atoms with Crippen LogP contribution in [0.15, 0.2) is 30.3 Å². The quantitative estimate of drug-likeness (QED) is 0.595. The SMILES string of the molecule is CCCCOC(=O)c1cc2ccccc2n1CC. The van der Waals surface area contributed by atoms with E-state index in [1.165, 1.54) is 0 Å². The summed E-state index contributed by atoms with van der Waals surface area (Å²) in [5.74, 6) is -0.221. The number of hydrogen-bond acceptors (Lipinski definition) is 2. The van der Waals surface area contributed by atoms with Gasteiger partial charge in [-0.25, -0.2) is 4.79 Å². The second-order valence-corrected chi connectivity index (χ2v) is 4.32. The molecule has 0 saturated carbocycles. The van der Waals surface area contributed by atoms with Crippen LogP contribution in [0.2, 0.25) is 0 Å². The summed E-state index contributed by atoms with van der Waals surface area (Å²) in [5, 5.41) is 1.08. The smallest absolute Gasteiger partial charge is 0.354 e. The molecule has 3 nitrogen and oxygen atoms in total. The van der Waals surface area contributed by atoms with Gasteiger partial charge in [0, 0.05) is 17.4 Å². The normalized spacial score (nSPS) is 10.8. The molecule has 1 aromatic heterocycles. The minimum absolute atomic E-state index is 0.221. The highest BCUT2D eigenvalue weighted by Crippen LogP contribution is 2.20. The Bertz CT molecular complexity index is 542. The van der Waals surface area contributed by atoms with Gasteiger partial charge < -0.3 is 9.30 Å². The maximum Gasteiger partial charge on any atom is 0.354 e. The van der Waals surface area contributed by atoms with Gasteiger partial charge in [0.2, 0.25) is 0 Å². The molecule has 2 aromatic rings. The highest BCUT2D eigenvalue weighted by Gasteiger charge is 2.15. The molecule has 0 spiro atoms. The number of rotatable bonds is 5. The fourth-order valence-electron chi connectivity index (χ4n) is 2.10. The average Bonchev–Trinajstić information content (AvgIpc) is 2.77. The van der Waals surface area contributed by atoms with Gasteiger partial charge >= 0.3 is 5.97 Å². The van der Waals surface area contributed by atoms with Gasteiger partial charge in [0.1, 0.15) is 5.69 Å². The van der Waals surface area contributed by atoms with Crippen LogP contribution < -0.4 is 0 Å². The second-order valence-electron chi connectivity index (χ2n) is 4.32. The van der Waals surface area contributed by atoms with Crippen LogP contribution in [-0.4, -0.2) is 17.1 Å². The molecule has 0 aliphatic carbocycles. The molecule has 0 aliphatic heterocycles. The first-order valence-corrected chi connectivity index (χ1v) is 6.53. The number of esters is 1. The number of carbonyl (C=O) groups excluding carboxylic acids is 1. The zero-order valence-corrected chi connectivity index (χ0v) is 11.0. The largest absolute Gasteiger partial charge is 0.461 e. The van der Waals surface area contributed by atoms with Crippen LogP contribution in [0.25, 0.3) is 10.9 Å². The van der Waals surface area contributed by atoms with Crippen molar-refractivity contribution in [1.29, 1.82) is 0 Å². The van der Waals surface area contributed by atoms with Crippen LogP contribution in [0.5, 0.6) is 0 Å². The van der Waals surface area contributed by atoms with Crippen LogP contribution >= 0.6 is 0 Å². The number of aromatic nitrogens is 1. The Balaban J connectivity index is 2.29. The third-order valence-corrected chi connectivity index (χ3v) is 3.07. The number of para-hydroxylation sites is 1. The molecule has 0 unspecified atom stereocenters. The Kier molecular flexibility index (Phi) is 4.03. The highest BCUT2D eigenvalue weighted by molar-refractivity contribution is 5.95. The molecule has 3 heteroatoms. The average molecular weight is 245 g/mol. The van der Waals surface area contributed by atoms with Crippen LogP contribution in [0.1, 0.15) is 37.2 Å². The summed E-state index contributed by atoms with van der Waals surface area (Å²) < 4.78 is 7.28. The van der Waals surface area contributed by atoms with Crippen molar-refractivity contribution in [3.05, 3.63) is 36.0 Å². The van der Waals surface area contributed by atoms with E-state index < -0.39 is 0 Å². The molecule has 0 aliphatic rings. The summed E-state index contributed by atoms with van der Waals surface area (Å²) in [4.78, 5) is 12.0. The fraction of sp³-hybridized carbons (Fsp3) is 0.400. The molecule has 0 atom stereocenters. The van der Waals surface area contributed by atoms with Crippen LogP contribution in [-0.2, 0) is 11.3 Å². The van der Waals surface area contributed by atoms with Crippen molar-refractivity contribution in [2.24, 2.45) is 0 Å². The number of fused-ring (bicyclic) bond motifs is 1. The van der Waals surface area contributed by atoms with E-state index in [9.17, 15) is 4.79 Å². The zero-order valence-electron chi connectivity index (χ0n) is 11.0. The molecule has 0 N–H and O–H groups in total. The number of aryl methyl sites for hydroxylation is 1. The van der Waals surface area contributed by atoms with Crippen molar-refractivity contribution >= 4 is 16.9 Å². The Morgan fingerprint density at radius 3 is 2.78 bits per heavy atom. The molecule has 18 heavy (non-hydrogen) atoms. The number of carbonyl (C=O) groups is 1. The second kappa shape index (κ2) is 5.71. The first-order chi connectivity index (χ1) is 8.77. The predicted octanol–water partition coefficient (Wildman–Crippen LogP) is 3.62. The third kappa shape index (κ3) is 2.40. The van der Waals surface area contributed by atoms with Crippen LogP contribution in [0.3, 0.4) is 0 Å². The molecule has 2 rings (SSSR count). The van der Waals surface area contributed by atoms with Gasteiger partial charge in [-0.3, -0.25) is 0 Å². The summed E-state index contributed by atoms with van der Waals surface area (Å²) in [5.41, 5.74) is 1.73. The monoisotopic (exact) mass is 245 g/mol. The molecule has 0 saturated heterocycles. The first-order valence-electron chi connectivity index (χ1n) is 6.53. The summed E-state index contributed by atoms with van der Waals surface area (Å²) in [7, 11) is 0. The van der Waals surface area contributed by atoms with Crippen molar-refractivity contribution in [2.75, 3.05) is 6.61 Å². The standard InChI is InChI=1S/C15H19NO2/c1-3-5-10-18-15(17)14-11-12-8-6-7-9-13(12)16(14)4-2/h6-9,11H,3-5,10H2,1-2H3. The predicted molar refractivity (Wildman–Crippen MR) is 72.8 cm³/mol. The molecule has 0 amide bonds. The van der Waals surface area contributed by atoms with Gasteiger partial charge in [-0.15, -0.1) is 0 Å². The van der Waals surface area contributed by atoms with Gasteiger partial charge in [0.25, 0.3) is 0 Å². The number of benzene rings is 1. The lowest BCUT2D eigenvalue weighted by Gasteiger charge is -2.07. The van der Waals surface area contributed by atoms with E-state index >= 15 is 0 Å². The molecule has 96 valence electrons. The van der Waals surface area contributed by atoms with Crippen molar-refractivity contribution < 1.29 is 9.53 Å². The maximum absolute atomic E-state index is 12.0. The summed E-state index contributed by atoms with van der Waals surface area (Å²) >= 11 is 0. The number of unbranched alkanes of at least 4 members (excludes halogenated alkanes) is 1. The van der Waals surface area contributed by atoms with Crippen molar-refractivity contribution in [2.45, 2.75) is 33.2 Å². The first kappa shape index (κ1) is 12.7. The van der Waals surface area contributed by atoms with Gasteiger partial charge in [0.05, 0.1) is 6.61 Å². The highest BCUT2D eigenvalue weighted by atomic mass is 16.5. The van der Waals surface area contributed by atoms with E-state index in [4.69, 9.17) is 4.74 Å². The van der Waals surface area contributed by atoms with Crippen LogP contribution in [0.4, 0.5) is 0 Å². The molecular formula is C15H19NO2. The topological polar surface area (TPSA) is 31.2 Å².